The Hall–Kier alpha value is -5.14. The molecular weight excluding hydrogens is 428 g/mol. The number of nitrogens with zero attached hydrogens (tertiary/aromatic N) is 5. The average Bonchev–Trinajstić information content (AvgIpc) is 2.75. The monoisotopic (exact) mass is 440 g/mol. The summed E-state index contributed by atoms with van der Waals surface area (Å²) in [5, 5.41) is 45.5. The highest BCUT2D eigenvalue weighted by Crippen LogP contribution is 2.45. The van der Waals surface area contributed by atoms with Gasteiger partial charge in [0.1, 0.15) is 11.4 Å². The van der Waals surface area contributed by atoms with Crippen molar-refractivity contribution in [2.45, 2.75) is 0 Å². The number of hydrogen-bond donors (Lipinski definition) is 1. The number of nitrogens with two attached hydrogens (primary N) is 1. The van der Waals surface area contributed by atoms with Crippen LogP contribution in [0.15, 0.2) is 60.7 Å². The van der Waals surface area contributed by atoms with Crippen LogP contribution < -0.4 is 10.6 Å². The molecule has 0 saturated heterocycles. The molecule has 2 N–H and O–H groups in total. The fourth-order valence-electron chi connectivity index (χ4n) is 2.95. The van der Waals surface area contributed by atoms with Crippen molar-refractivity contribution in [2.75, 3.05) is 10.6 Å². The van der Waals surface area contributed by atoms with Crippen LogP contribution in [0.4, 0.5) is 45.5 Å². The molecule has 0 aliphatic carbocycles. The van der Waals surface area contributed by atoms with E-state index in [-0.39, 0.29) is 17.1 Å². The van der Waals surface area contributed by atoms with Crippen molar-refractivity contribution in [3.63, 3.8) is 0 Å². The Labute approximate surface area is 177 Å². The van der Waals surface area contributed by atoms with Crippen LogP contribution >= 0.6 is 0 Å². The van der Waals surface area contributed by atoms with Crippen molar-refractivity contribution in [1.82, 2.24) is 0 Å². The van der Waals surface area contributed by atoms with Crippen molar-refractivity contribution < 1.29 is 19.7 Å². The third-order valence-electron chi connectivity index (χ3n) is 4.37. The van der Waals surface area contributed by atoms with Crippen LogP contribution in [-0.4, -0.2) is 19.7 Å². The highest BCUT2D eigenvalue weighted by atomic mass is 16.6. The molecule has 0 fully saturated rings. The van der Waals surface area contributed by atoms with E-state index >= 15 is 0 Å². The number of nitro benzene ring substituents is 4. The molecule has 0 saturated carbocycles. The van der Waals surface area contributed by atoms with Crippen LogP contribution in [0.25, 0.3) is 0 Å². The predicted molar refractivity (Wildman–Crippen MR) is 112 cm³/mol. The van der Waals surface area contributed by atoms with Crippen LogP contribution in [0.2, 0.25) is 0 Å². The Morgan fingerprint density at radius 3 is 1.34 bits per heavy atom. The van der Waals surface area contributed by atoms with Crippen molar-refractivity contribution in [2.24, 2.45) is 0 Å². The molecule has 32 heavy (non-hydrogen) atoms. The molecule has 0 bridgehead atoms. The van der Waals surface area contributed by atoms with Gasteiger partial charge in [-0.15, -0.1) is 0 Å². The standard InChI is InChI=1S/C18H12N6O8/c19-11-1-3-12(4-2-11)20(15-7-5-13(21(25)26)9-17(15)23(29)30)16-8-6-14(22(27)28)10-18(16)24(31)32/h1-10H,19H2. The maximum atomic E-state index is 11.7. The lowest BCUT2D eigenvalue weighted by Gasteiger charge is -2.24. The Balaban J connectivity index is 2.37. The number of benzene rings is 3. The second-order valence-electron chi connectivity index (χ2n) is 6.30. The molecule has 3 aromatic rings. The zero-order valence-electron chi connectivity index (χ0n) is 15.9. The number of non-ortho nitro benzene ring substituents is 2. The van der Waals surface area contributed by atoms with Crippen molar-refractivity contribution >= 4 is 45.5 Å². The van der Waals surface area contributed by atoms with E-state index in [1.165, 1.54) is 24.3 Å². The molecule has 14 heteroatoms. The molecule has 0 heterocycles. The molecule has 0 unspecified atom stereocenters. The number of nitrogen functional groups attached to an aromatic ring is 1. The average molecular weight is 440 g/mol. The minimum absolute atomic E-state index is 0.188. The van der Waals surface area contributed by atoms with Gasteiger partial charge in [-0.1, -0.05) is 0 Å². The van der Waals surface area contributed by atoms with E-state index < -0.39 is 42.4 Å². The summed E-state index contributed by atoms with van der Waals surface area (Å²) in [6.07, 6.45) is 0. The Morgan fingerprint density at radius 1 is 0.594 bits per heavy atom. The molecule has 0 aromatic heterocycles. The third-order valence-corrected chi connectivity index (χ3v) is 4.37. The van der Waals surface area contributed by atoms with Gasteiger partial charge in [0, 0.05) is 23.5 Å². The van der Waals surface area contributed by atoms with E-state index in [0.29, 0.717) is 5.69 Å². The molecule has 0 radical (unpaired) electrons. The molecule has 3 aromatic carbocycles. The summed E-state index contributed by atoms with van der Waals surface area (Å²) >= 11 is 0. The second kappa shape index (κ2) is 8.31. The van der Waals surface area contributed by atoms with Gasteiger partial charge in [0.2, 0.25) is 0 Å². The smallest absolute Gasteiger partial charge is 0.300 e. The molecule has 0 aliphatic heterocycles. The minimum Gasteiger partial charge on any atom is -0.399 e. The van der Waals surface area contributed by atoms with Crippen LogP contribution in [0, 0.1) is 40.5 Å². The highest BCUT2D eigenvalue weighted by molar-refractivity contribution is 5.87. The maximum Gasteiger partial charge on any atom is 0.300 e. The van der Waals surface area contributed by atoms with Crippen LogP contribution in [0.1, 0.15) is 0 Å². The second-order valence-corrected chi connectivity index (χ2v) is 6.30. The fourth-order valence-corrected chi connectivity index (χ4v) is 2.95. The molecule has 3 rings (SSSR count). The Bertz CT molecular complexity index is 1190. The van der Waals surface area contributed by atoms with Gasteiger partial charge in [-0.2, -0.15) is 0 Å². The zero-order chi connectivity index (χ0) is 23.6. The van der Waals surface area contributed by atoms with Crippen molar-refractivity contribution in [1.29, 1.82) is 0 Å². The SMILES string of the molecule is Nc1ccc(N(c2ccc([N+](=O)[O-])cc2[N+](=O)[O-])c2ccc([N+](=O)[O-])cc2[N+](=O)[O-])cc1. The summed E-state index contributed by atoms with van der Waals surface area (Å²) in [5.74, 6) is 0. The van der Waals surface area contributed by atoms with E-state index in [9.17, 15) is 40.5 Å². The molecule has 0 spiro atoms. The predicted octanol–water partition coefficient (Wildman–Crippen LogP) is 4.37. The van der Waals surface area contributed by atoms with Gasteiger partial charge in [-0.3, -0.25) is 45.4 Å². The summed E-state index contributed by atoms with van der Waals surface area (Å²) in [4.78, 5) is 43.3. The van der Waals surface area contributed by atoms with Gasteiger partial charge in [-0.05, 0) is 36.4 Å². The van der Waals surface area contributed by atoms with Gasteiger partial charge >= 0.3 is 0 Å². The lowest BCUT2D eigenvalue weighted by Crippen LogP contribution is -2.14. The summed E-state index contributed by atoms with van der Waals surface area (Å²) < 4.78 is 0. The summed E-state index contributed by atoms with van der Waals surface area (Å²) in [6, 6.07) is 11.3. The van der Waals surface area contributed by atoms with Crippen LogP contribution in [-0.2, 0) is 0 Å². The minimum atomic E-state index is -0.871. The largest absolute Gasteiger partial charge is 0.399 e. The normalized spacial score (nSPS) is 10.4. The number of rotatable bonds is 7. The molecule has 0 aliphatic rings. The van der Waals surface area contributed by atoms with E-state index in [2.05, 4.69) is 0 Å². The molecule has 14 nitrogen and oxygen atoms in total. The lowest BCUT2D eigenvalue weighted by atomic mass is 10.1. The number of nitro groups is 4. The van der Waals surface area contributed by atoms with Gasteiger partial charge in [0.25, 0.3) is 22.7 Å². The van der Waals surface area contributed by atoms with E-state index in [1.807, 2.05) is 0 Å². The van der Waals surface area contributed by atoms with Crippen molar-refractivity contribution in [3.8, 4) is 0 Å². The topological polar surface area (TPSA) is 202 Å². The lowest BCUT2D eigenvalue weighted by molar-refractivity contribution is -0.393. The van der Waals surface area contributed by atoms with Crippen molar-refractivity contribution in [3.05, 3.63) is 101 Å². The van der Waals surface area contributed by atoms with E-state index in [1.54, 1.807) is 0 Å². The first-order valence-corrected chi connectivity index (χ1v) is 8.61. The fraction of sp³-hybridized carbons (Fsp3) is 0. The summed E-state index contributed by atoms with van der Waals surface area (Å²) in [5.41, 5.74) is 3.21. The van der Waals surface area contributed by atoms with E-state index in [0.717, 1.165) is 41.3 Å². The number of anilines is 4. The maximum absolute atomic E-state index is 11.7. The zero-order valence-corrected chi connectivity index (χ0v) is 15.9. The molecular formula is C18H12N6O8. The first kappa shape index (κ1) is 21.6. The van der Waals surface area contributed by atoms with E-state index in [4.69, 9.17) is 5.73 Å². The quantitative estimate of drug-likeness (QED) is 0.312. The van der Waals surface area contributed by atoms with Gasteiger partial charge in [-0.25, -0.2) is 0 Å². The molecule has 162 valence electrons. The summed E-state index contributed by atoms with van der Waals surface area (Å²) in [6.45, 7) is 0. The van der Waals surface area contributed by atoms with Crippen LogP contribution in [0.5, 0.6) is 0 Å². The Kier molecular flexibility index (Phi) is 5.60. The Morgan fingerprint density at radius 2 is 1.00 bits per heavy atom. The molecule has 0 amide bonds. The third kappa shape index (κ3) is 4.09. The summed E-state index contributed by atoms with van der Waals surface area (Å²) in [7, 11) is 0. The number of hydrogen-bond acceptors (Lipinski definition) is 10. The van der Waals surface area contributed by atoms with Gasteiger partial charge in [0.05, 0.1) is 31.8 Å². The first-order chi connectivity index (χ1) is 15.1. The first-order valence-electron chi connectivity index (χ1n) is 8.61. The highest BCUT2D eigenvalue weighted by Gasteiger charge is 2.31. The van der Waals surface area contributed by atoms with Gasteiger partial charge in [0.15, 0.2) is 0 Å². The van der Waals surface area contributed by atoms with Gasteiger partial charge < -0.3 is 5.73 Å². The van der Waals surface area contributed by atoms with Crippen LogP contribution in [0.3, 0.4) is 0 Å². The molecule has 0 atom stereocenters.